The van der Waals surface area contributed by atoms with Gasteiger partial charge < -0.3 is 0 Å². The number of hydrogen-bond acceptors (Lipinski definition) is 2. The van der Waals surface area contributed by atoms with Crippen LogP contribution >= 0.6 is 0 Å². The molecule has 0 fully saturated rings. The summed E-state index contributed by atoms with van der Waals surface area (Å²) in [5.41, 5.74) is 6.68. The molecule has 8 aromatic carbocycles. The molecule has 0 heterocycles. The summed E-state index contributed by atoms with van der Waals surface area (Å²) in [5.74, 6) is 0. The molecule has 0 N–H and O–H groups in total. The van der Waals surface area contributed by atoms with Crippen LogP contribution in [0.5, 0.6) is 0 Å². The molecule has 0 saturated heterocycles. The first-order valence-corrected chi connectivity index (χ1v) is 21.6. The van der Waals surface area contributed by atoms with E-state index < -0.39 is 13.3 Å². The predicted octanol–water partition coefficient (Wildman–Crippen LogP) is 10.0. The summed E-state index contributed by atoms with van der Waals surface area (Å²) in [4.78, 5) is 4.69. The first kappa shape index (κ1) is 32.1. The molecule has 8 rings (SSSR count). The van der Waals surface area contributed by atoms with E-state index in [1.54, 1.807) is 0 Å². The van der Waals surface area contributed by atoms with Crippen LogP contribution in [0.15, 0.2) is 231 Å². The normalized spacial score (nSPS) is 11.1. The number of rotatable bonds is 10. The second kappa shape index (κ2) is 14.8. The van der Waals surface area contributed by atoms with Crippen LogP contribution in [0.2, 0.25) is 0 Å². The van der Waals surface area contributed by atoms with Crippen LogP contribution in [0.4, 0.5) is 34.1 Å². The Balaban J connectivity index is 1.29. The van der Waals surface area contributed by atoms with Gasteiger partial charge in [-0.3, -0.25) is 0 Å². The fourth-order valence-electron chi connectivity index (χ4n) is 7.32. The third-order valence-corrected chi connectivity index (χ3v) is 19.6. The van der Waals surface area contributed by atoms with E-state index in [1.807, 2.05) is 0 Å². The zero-order chi connectivity index (χ0) is 34.3. The quantitative estimate of drug-likeness (QED) is 0.130. The van der Waals surface area contributed by atoms with E-state index in [2.05, 4.69) is 240 Å². The molecule has 0 spiro atoms. The van der Waals surface area contributed by atoms with E-state index in [4.69, 9.17) is 0 Å². The van der Waals surface area contributed by atoms with Gasteiger partial charge in [0.25, 0.3) is 0 Å². The Hall–Kier alpha value is -6.10. The van der Waals surface area contributed by atoms with Gasteiger partial charge in [-0.2, -0.15) is 0 Å². The van der Waals surface area contributed by atoms with Crippen LogP contribution < -0.4 is 27.4 Å². The molecule has 0 radical (unpaired) electrons. The number of anilines is 6. The van der Waals surface area contributed by atoms with Crippen molar-refractivity contribution in [3.05, 3.63) is 231 Å². The SMILES string of the molecule is c1ccc(N(c2ccccc2)c2ccc(N(c3ccccc3)c3ccc[c]([Ge]([c]4ccccc4)([c]4ccccc4)[c]4ccccc4)c3)cc2)cc1. The first-order chi connectivity index (χ1) is 25.3. The molecule has 0 unspecified atom stereocenters. The molecule has 0 bridgehead atoms. The number of nitrogens with zero attached hydrogens (tertiary/aromatic N) is 2. The van der Waals surface area contributed by atoms with E-state index in [1.165, 1.54) is 17.6 Å². The Morgan fingerprint density at radius 2 is 0.471 bits per heavy atom. The van der Waals surface area contributed by atoms with Crippen molar-refractivity contribution < 1.29 is 0 Å². The number of para-hydroxylation sites is 3. The monoisotopic (exact) mass is 716 g/mol. The predicted molar refractivity (Wildman–Crippen MR) is 219 cm³/mol. The summed E-state index contributed by atoms with van der Waals surface area (Å²) >= 11 is -3.47. The summed E-state index contributed by atoms with van der Waals surface area (Å²) in [6.45, 7) is 0. The van der Waals surface area contributed by atoms with Gasteiger partial charge in [-0.05, 0) is 0 Å². The van der Waals surface area contributed by atoms with Gasteiger partial charge in [0, 0.05) is 0 Å². The van der Waals surface area contributed by atoms with E-state index >= 15 is 0 Å². The fraction of sp³-hybridized carbons (Fsp3) is 0. The molecule has 0 aromatic heterocycles. The minimum absolute atomic E-state index is 1.10. The van der Waals surface area contributed by atoms with Crippen molar-refractivity contribution >= 4 is 65.0 Å². The average molecular weight is 715 g/mol. The van der Waals surface area contributed by atoms with Crippen molar-refractivity contribution in [3.63, 3.8) is 0 Å². The molecule has 0 aliphatic carbocycles. The van der Waals surface area contributed by atoms with Gasteiger partial charge in [0.15, 0.2) is 0 Å². The fourth-order valence-corrected chi connectivity index (χ4v) is 17.4. The van der Waals surface area contributed by atoms with E-state index in [0.29, 0.717) is 0 Å². The summed E-state index contributed by atoms with van der Waals surface area (Å²) in [6.07, 6.45) is 0. The summed E-state index contributed by atoms with van der Waals surface area (Å²) in [7, 11) is 0. The van der Waals surface area contributed by atoms with Crippen LogP contribution in [0.3, 0.4) is 0 Å². The number of benzene rings is 8. The van der Waals surface area contributed by atoms with E-state index in [0.717, 1.165) is 34.1 Å². The Kier molecular flexibility index (Phi) is 9.32. The van der Waals surface area contributed by atoms with Gasteiger partial charge >= 0.3 is 293 Å². The van der Waals surface area contributed by atoms with Crippen molar-refractivity contribution in [1.29, 1.82) is 0 Å². The van der Waals surface area contributed by atoms with Gasteiger partial charge in [0.2, 0.25) is 0 Å². The van der Waals surface area contributed by atoms with E-state index in [-0.39, 0.29) is 0 Å². The molecule has 0 saturated carbocycles. The Morgan fingerprint density at radius 3 is 0.824 bits per heavy atom. The van der Waals surface area contributed by atoms with Gasteiger partial charge in [0.05, 0.1) is 0 Å². The Bertz CT molecular complexity index is 2140. The molecule has 3 heteroatoms. The van der Waals surface area contributed by atoms with Crippen molar-refractivity contribution in [2.45, 2.75) is 0 Å². The van der Waals surface area contributed by atoms with Crippen LogP contribution in [0, 0.1) is 0 Å². The molecule has 8 aromatic rings. The molecule has 0 atom stereocenters. The van der Waals surface area contributed by atoms with Gasteiger partial charge in [-0.25, -0.2) is 0 Å². The second-order valence-electron chi connectivity index (χ2n) is 12.6. The van der Waals surface area contributed by atoms with E-state index in [9.17, 15) is 0 Å². The maximum absolute atomic E-state index is 3.47. The minimum atomic E-state index is -3.47. The summed E-state index contributed by atoms with van der Waals surface area (Å²) in [6, 6.07) is 83.7. The standard InChI is InChI=1S/C48H38GeN2/c1-7-20-39(21-8-1)49(40-22-9-2-10-23-40,41-24-11-3-12-25-41)42-26-19-33-48(38-42)51(45-31-17-6-18-32-45)47-36-34-46(35-37-47)50(43-27-13-4-14-28-43)44-29-15-5-16-30-44/h1-38H. The molecule has 0 aliphatic rings. The molecule has 51 heavy (non-hydrogen) atoms. The van der Waals surface area contributed by atoms with Gasteiger partial charge in [-0.15, -0.1) is 0 Å². The first-order valence-electron chi connectivity index (χ1n) is 17.4. The maximum atomic E-state index is 2.45. The third-order valence-electron chi connectivity index (χ3n) is 9.57. The van der Waals surface area contributed by atoms with Crippen LogP contribution in [-0.2, 0) is 0 Å². The average Bonchev–Trinajstić information content (AvgIpc) is 3.22. The van der Waals surface area contributed by atoms with Crippen LogP contribution in [-0.4, -0.2) is 13.3 Å². The van der Waals surface area contributed by atoms with Crippen molar-refractivity contribution in [2.75, 3.05) is 9.80 Å². The Morgan fingerprint density at radius 1 is 0.216 bits per heavy atom. The van der Waals surface area contributed by atoms with Gasteiger partial charge in [0.1, 0.15) is 0 Å². The zero-order valence-electron chi connectivity index (χ0n) is 28.3. The van der Waals surface area contributed by atoms with Gasteiger partial charge in [-0.1, -0.05) is 12.1 Å². The Labute approximate surface area is 303 Å². The topological polar surface area (TPSA) is 6.48 Å². The van der Waals surface area contributed by atoms with Crippen molar-refractivity contribution in [3.8, 4) is 0 Å². The summed E-state index contributed by atoms with van der Waals surface area (Å²) < 4.78 is 5.60. The van der Waals surface area contributed by atoms with Crippen molar-refractivity contribution in [1.82, 2.24) is 0 Å². The van der Waals surface area contributed by atoms with Crippen molar-refractivity contribution in [2.24, 2.45) is 0 Å². The van der Waals surface area contributed by atoms with Crippen LogP contribution in [0.1, 0.15) is 0 Å². The molecule has 2 nitrogen and oxygen atoms in total. The molecule has 0 aliphatic heterocycles. The molecular weight excluding hydrogens is 677 g/mol. The summed E-state index contributed by atoms with van der Waals surface area (Å²) in [5, 5.41) is 0. The second-order valence-corrected chi connectivity index (χ2v) is 20.6. The molecule has 244 valence electrons. The molecule has 0 amide bonds. The van der Waals surface area contributed by atoms with Crippen LogP contribution in [0.25, 0.3) is 0 Å². The third kappa shape index (κ3) is 6.38. The number of hydrogen-bond donors (Lipinski definition) is 0. The molecular formula is C48H38GeN2. The zero-order valence-corrected chi connectivity index (χ0v) is 30.4.